The van der Waals surface area contributed by atoms with Gasteiger partial charge in [0, 0.05) is 23.2 Å². The summed E-state index contributed by atoms with van der Waals surface area (Å²) >= 11 is 7.80. The number of halogens is 1. The van der Waals surface area contributed by atoms with E-state index in [0.717, 1.165) is 17.9 Å². The zero-order valence-corrected chi connectivity index (χ0v) is 12.6. The topological polar surface area (TPSA) is 24.9 Å². The molecular formula is C15H19ClN2S. The van der Waals surface area contributed by atoms with Gasteiger partial charge in [0.05, 0.1) is 5.52 Å². The quantitative estimate of drug-likeness (QED) is 0.812. The van der Waals surface area contributed by atoms with Gasteiger partial charge in [-0.25, -0.2) is 0 Å². The molecule has 3 rings (SSSR count). The molecule has 0 spiro atoms. The van der Waals surface area contributed by atoms with Crippen molar-refractivity contribution in [3.8, 4) is 0 Å². The Balaban J connectivity index is 1.74. The van der Waals surface area contributed by atoms with Crippen molar-refractivity contribution in [3.05, 3.63) is 24.3 Å². The van der Waals surface area contributed by atoms with E-state index in [4.69, 9.17) is 11.6 Å². The first kappa shape index (κ1) is 13.2. The van der Waals surface area contributed by atoms with Crippen LogP contribution in [0.5, 0.6) is 0 Å². The molecule has 2 aromatic rings. The predicted octanol–water partition coefficient (Wildman–Crippen LogP) is 4.90. The average Bonchev–Trinajstić information content (AvgIpc) is 2.89. The number of benzene rings is 1. The van der Waals surface area contributed by atoms with Gasteiger partial charge in [-0.1, -0.05) is 31.4 Å². The molecule has 1 heterocycles. The van der Waals surface area contributed by atoms with E-state index in [0.29, 0.717) is 0 Å². The molecule has 1 aromatic heterocycles. The maximum atomic E-state index is 6.24. The van der Waals surface area contributed by atoms with Crippen molar-refractivity contribution >= 4 is 39.0 Å². The monoisotopic (exact) mass is 294 g/mol. The maximum absolute atomic E-state index is 6.24. The number of aromatic nitrogens is 1. The molecule has 2 nitrogen and oxygen atoms in total. The Kier molecular flexibility index (Phi) is 3.94. The Morgan fingerprint density at radius 2 is 2.00 bits per heavy atom. The Labute approximate surface area is 123 Å². The van der Waals surface area contributed by atoms with E-state index >= 15 is 0 Å². The number of hydrogen-bond acceptors (Lipinski definition) is 3. The van der Waals surface area contributed by atoms with Crippen LogP contribution >= 0.6 is 23.1 Å². The van der Waals surface area contributed by atoms with Crippen LogP contribution in [-0.4, -0.2) is 16.8 Å². The highest BCUT2D eigenvalue weighted by Gasteiger charge is 2.31. The lowest BCUT2D eigenvalue weighted by atomic mass is 9.75. The minimum Gasteiger partial charge on any atom is -0.375 e. The third-order valence-electron chi connectivity index (χ3n) is 4.21. The summed E-state index contributed by atoms with van der Waals surface area (Å²) < 4.78 is 4.48. The third kappa shape index (κ3) is 2.72. The predicted molar refractivity (Wildman–Crippen MR) is 84.3 cm³/mol. The fourth-order valence-corrected chi connectivity index (χ4v) is 4.06. The van der Waals surface area contributed by atoms with Gasteiger partial charge < -0.3 is 5.32 Å². The van der Waals surface area contributed by atoms with Gasteiger partial charge in [0.2, 0.25) is 0 Å². The van der Waals surface area contributed by atoms with Crippen LogP contribution in [0.2, 0.25) is 0 Å². The van der Waals surface area contributed by atoms with E-state index in [1.165, 1.54) is 42.5 Å². The van der Waals surface area contributed by atoms with Gasteiger partial charge in [0.1, 0.15) is 5.00 Å². The second-order valence-corrected chi connectivity index (χ2v) is 6.62. The van der Waals surface area contributed by atoms with Gasteiger partial charge in [0.15, 0.2) is 0 Å². The number of nitrogens with one attached hydrogen (secondary N) is 1. The molecule has 1 saturated carbocycles. The summed E-state index contributed by atoms with van der Waals surface area (Å²) in [6, 6.07) is 8.30. The minimum atomic E-state index is 0.283. The fourth-order valence-electron chi connectivity index (χ4n) is 2.94. The van der Waals surface area contributed by atoms with Crippen molar-refractivity contribution in [3.63, 3.8) is 0 Å². The highest BCUT2D eigenvalue weighted by molar-refractivity contribution is 7.11. The largest absolute Gasteiger partial charge is 0.375 e. The zero-order chi connectivity index (χ0) is 13.1. The highest BCUT2D eigenvalue weighted by Crippen LogP contribution is 2.38. The van der Waals surface area contributed by atoms with Crippen LogP contribution in [0.15, 0.2) is 24.3 Å². The minimum absolute atomic E-state index is 0.283. The number of hydrogen-bond donors (Lipinski definition) is 1. The van der Waals surface area contributed by atoms with Crippen molar-refractivity contribution in [2.24, 2.45) is 5.41 Å². The summed E-state index contributed by atoms with van der Waals surface area (Å²) in [5.74, 6) is 0.761. The molecule has 19 heavy (non-hydrogen) atoms. The molecule has 1 fully saturated rings. The molecule has 1 aliphatic rings. The Morgan fingerprint density at radius 3 is 2.79 bits per heavy atom. The number of rotatable bonds is 4. The number of nitrogens with zero attached hydrogens (tertiary/aromatic N) is 1. The van der Waals surface area contributed by atoms with Crippen molar-refractivity contribution < 1.29 is 0 Å². The van der Waals surface area contributed by atoms with Crippen LogP contribution in [0.25, 0.3) is 10.9 Å². The van der Waals surface area contributed by atoms with Crippen LogP contribution in [0.4, 0.5) is 5.00 Å². The lowest BCUT2D eigenvalue weighted by Crippen LogP contribution is -2.33. The molecule has 0 aliphatic heterocycles. The van der Waals surface area contributed by atoms with E-state index in [9.17, 15) is 0 Å². The summed E-state index contributed by atoms with van der Waals surface area (Å²) in [6.45, 7) is 0.975. The van der Waals surface area contributed by atoms with E-state index in [2.05, 4.69) is 27.9 Å². The summed E-state index contributed by atoms with van der Waals surface area (Å²) in [7, 11) is 0. The molecule has 1 N–H and O–H groups in total. The summed E-state index contributed by atoms with van der Waals surface area (Å²) in [4.78, 5) is 0. The zero-order valence-electron chi connectivity index (χ0n) is 11.0. The van der Waals surface area contributed by atoms with Gasteiger partial charge >= 0.3 is 0 Å². The first-order valence-corrected chi connectivity index (χ1v) is 8.28. The van der Waals surface area contributed by atoms with Crippen LogP contribution in [-0.2, 0) is 0 Å². The Morgan fingerprint density at radius 1 is 1.21 bits per heavy atom. The second-order valence-electron chi connectivity index (χ2n) is 5.58. The van der Waals surface area contributed by atoms with Gasteiger partial charge in [0.25, 0.3) is 0 Å². The van der Waals surface area contributed by atoms with Gasteiger partial charge in [-0.2, -0.15) is 4.37 Å². The molecule has 1 aromatic carbocycles. The third-order valence-corrected chi connectivity index (χ3v) is 5.61. The van der Waals surface area contributed by atoms with Crippen LogP contribution < -0.4 is 5.32 Å². The maximum Gasteiger partial charge on any atom is 0.117 e. The smallest absolute Gasteiger partial charge is 0.117 e. The van der Waals surface area contributed by atoms with Gasteiger partial charge in [-0.05, 0) is 36.5 Å². The van der Waals surface area contributed by atoms with Crippen LogP contribution in [0.1, 0.15) is 32.1 Å². The molecule has 4 heteroatoms. The van der Waals surface area contributed by atoms with Crippen LogP contribution in [0, 0.1) is 5.41 Å². The molecule has 0 amide bonds. The lowest BCUT2D eigenvalue weighted by Gasteiger charge is -2.35. The van der Waals surface area contributed by atoms with Crippen molar-refractivity contribution in [1.82, 2.24) is 4.37 Å². The fraction of sp³-hybridized carbons (Fsp3) is 0.533. The SMILES string of the molecule is ClCC1(CNc2snc3ccccc23)CCCCC1. The van der Waals surface area contributed by atoms with Crippen molar-refractivity contribution in [2.75, 3.05) is 17.7 Å². The number of anilines is 1. The molecular weight excluding hydrogens is 276 g/mol. The van der Waals surface area contributed by atoms with E-state index in [1.54, 1.807) is 11.5 Å². The molecule has 1 aliphatic carbocycles. The second kappa shape index (κ2) is 5.68. The molecule has 0 bridgehead atoms. The Hall–Kier alpha value is -0.800. The van der Waals surface area contributed by atoms with Gasteiger partial charge in [-0.3, -0.25) is 0 Å². The molecule has 0 atom stereocenters. The number of fused-ring (bicyclic) bond motifs is 1. The van der Waals surface area contributed by atoms with Crippen LogP contribution in [0.3, 0.4) is 0 Å². The first-order valence-electron chi connectivity index (χ1n) is 6.97. The van der Waals surface area contributed by atoms with Crippen molar-refractivity contribution in [2.45, 2.75) is 32.1 Å². The summed E-state index contributed by atoms with van der Waals surface area (Å²) in [5.41, 5.74) is 1.36. The summed E-state index contributed by atoms with van der Waals surface area (Å²) in [6.07, 6.45) is 6.50. The standard InChI is InChI=1S/C15H19ClN2S/c16-10-15(8-4-1-5-9-15)11-17-14-12-6-2-3-7-13(12)18-19-14/h2-3,6-7,17H,1,4-5,8-11H2. The molecule has 0 unspecified atom stereocenters. The highest BCUT2D eigenvalue weighted by atomic mass is 35.5. The van der Waals surface area contributed by atoms with E-state index in [1.807, 2.05) is 6.07 Å². The van der Waals surface area contributed by atoms with Crippen molar-refractivity contribution in [1.29, 1.82) is 0 Å². The number of alkyl halides is 1. The average molecular weight is 295 g/mol. The van der Waals surface area contributed by atoms with E-state index in [-0.39, 0.29) is 5.41 Å². The summed E-state index contributed by atoms with van der Waals surface area (Å²) in [5, 5.41) is 6.02. The Bertz CT molecular complexity index is 546. The van der Waals surface area contributed by atoms with Gasteiger partial charge in [-0.15, -0.1) is 11.6 Å². The molecule has 0 radical (unpaired) electrons. The first-order chi connectivity index (χ1) is 9.33. The normalized spacial score (nSPS) is 18.6. The molecule has 102 valence electrons. The van der Waals surface area contributed by atoms with E-state index < -0.39 is 0 Å². The molecule has 0 saturated heterocycles. The lowest BCUT2D eigenvalue weighted by molar-refractivity contribution is 0.238.